The number of benzene rings is 3. The Kier molecular flexibility index (Phi) is 6.67. The van der Waals surface area contributed by atoms with Crippen molar-refractivity contribution in [1.82, 2.24) is 9.55 Å². The summed E-state index contributed by atoms with van der Waals surface area (Å²) < 4.78 is 7.72. The molecule has 3 N–H and O–H groups in total. The fourth-order valence-electron chi connectivity index (χ4n) is 3.47. The molecule has 32 heavy (non-hydrogen) atoms. The van der Waals surface area contributed by atoms with Gasteiger partial charge in [0, 0.05) is 19.2 Å². The van der Waals surface area contributed by atoms with Crippen LogP contribution < -0.4 is 15.4 Å². The molecule has 1 atom stereocenters. The summed E-state index contributed by atoms with van der Waals surface area (Å²) in [4.78, 5) is 15.8. The van der Waals surface area contributed by atoms with Crippen molar-refractivity contribution < 1.29 is 14.6 Å². The number of rotatable bonds is 9. The average molecular weight is 431 g/mol. The van der Waals surface area contributed by atoms with Gasteiger partial charge in [-0.2, -0.15) is 0 Å². The molecule has 4 aromatic rings. The number of imidazole rings is 1. The quantitative estimate of drug-likeness (QED) is 0.373. The lowest BCUT2D eigenvalue weighted by atomic mass is 10.2. The Hall–Kier alpha value is -3.84. The third-order valence-corrected chi connectivity index (χ3v) is 4.96. The van der Waals surface area contributed by atoms with E-state index >= 15 is 0 Å². The van der Waals surface area contributed by atoms with Gasteiger partial charge in [0.1, 0.15) is 18.5 Å². The third-order valence-electron chi connectivity index (χ3n) is 4.96. The lowest BCUT2D eigenvalue weighted by Gasteiger charge is -2.16. The van der Waals surface area contributed by atoms with Gasteiger partial charge in [-0.25, -0.2) is 4.98 Å². The standard InChI is InChI=1S/C25H26N4O3/c1-18(30)27-20-11-13-22(14-12-20)32-17-21(31)16-29-24-10-6-5-9-23(24)28-25(29)26-15-19-7-3-2-4-8-19/h2-14,21,31H,15-17H2,1H3,(H,26,28)(H,27,30). The van der Waals surface area contributed by atoms with Gasteiger partial charge in [-0.1, -0.05) is 42.5 Å². The van der Waals surface area contributed by atoms with E-state index in [1.54, 1.807) is 24.3 Å². The number of carbonyl (C=O) groups is 1. The molecule has 4 rings (SSSR count). The van der Waals surface area contributed by atoms with E-state index in [4.69, 9.17) is 9.72 Å². The molecule has 0 aliphatic rings. The summed E-state index contributed by atoms with van der Waals surface area (Å²) in [6, 6.07) is 25.0. The maximum absolute atomic E-state index is 11.1. The molecule has 0 aliphatic heterocycles. The summed E-state index contributed by atoms with van der Waals surface area (Å²) >= 11 is 0. The molecule has 7 nitrogen and oxygen atoms in total. The first-order valence-electron chi connectivity index (χ1n) is 10.5. The van der Waals surface area contributed by atoms with Gasteiger partial charge < -0.3 is 25.0 Å². The van der Waals surface area contributed by atoms with E-state index in [9.17, 15) is 9.90 Å². The number of aromatic nitrogens is 2. The molecule has 0 fully saturated rings. The summed E-state index contributed by atoms with van der Waals surface area (Å²) in [7, 11) is 0. The van der Waals surface area contributed by atoms with E-state index in [1.165, 1.54) is 6.92 Å². The Balaban J connectivity index is 1.42. The molecular weight excluding hydrogens is 404 g/mol. The van der Waals surface area contributed by atoms with Gasteiger partial charge in [0.05, 0.1) is 17.6 Å². The zero-order valence-corrected chi connectivity index (χ0v) is 17.9. The number of hydrogen-bond acceptors (Lipinski definition) is 5. The fourth-order valence-corrected chi connectivity index (χ4v) is 3.47. The predicted molar refractivity (Wildman–Crippen MR) is 126 cm³/mol. The monoisotopic (exact) mass is 430 g/mol. The van der Waals surface area contributed by atoms with Gasteiger partial charge in [-0.3, -0.25) is 4.79 Å². The number of fused-ring (bicyclic) bond motifs is 1. The van der Waals surface area contributed by atoms with Gasteiger partial charge in [0.15, 0.2) is 0 Å². The van der Waals surface area contributed by atoms with Gasteiger partial charge in [0.2, 0.25) is 11.9 Å². The first-order chi connectivity index (χ1) is 15.6. The highest BCUT2D eigenvalue weighted by Crippen LogP contribution is 2.21. The summed E-state index contributed by atoms with van der Waals surface area (Å²) in [6.45, 7) is 2.56. The van der Waals surface area contributed by atoms with Crippen molar-refractivity contribution in [1.29, 1.82) is 0 Å². The van der Waals surface area contributed by atoms with Crippen LogP contribution in [-0.2, 0) is 17.9 Å². The molecule has 0 bridgehead atoms. The number of ether oxygens (including phenoxy) is 1. The minimum absolute atomic E-state index is 0.127. The SMILES string of the molecule is CC(=O)Nc1ccc(OCC(O)Cn2c(NCc3ccccc3)nc3ccccc32)cc1. The van der Waals surface area contributed by atoms with Crippen molar-refractivity contribution in [2.75, 3.05) is 17.2 Å². The molecular formula is C25H26N4O3. The van der Waals surface area contributed by atoms with E-state index in [2.05, 4.69) is 22.8 Å². The minimum Gasteiger partial charge on any atom is -0.491 e. The Morgan fingerprint density at radius 1 is 1.03 bits per heavy atom. The smallest absolute Gasteiger partial charge is 0.221 e. The van der Waals surface area contributed by atoms with Crippen molar-refractivity contribution in [2.45, 2.75) is 26.1 Å². The Labute approximate surface area is 186 Å². The van der Waals surface area contributed by atoms with Crippen molar-refractivity contribution in [3.05, 3.63) is 84.4 Å². The zero-order chi connectivity index (χ0) is 22.3. The lowest BCUT2D eigenvalue weighted by molar-refractivity contribution is -0.114. The molecule has 0 radical (unpaired) electrons. The first-order valence-corrected chi connectivity index (χ1v) is 10.5. The van der Waals surface area contributed by atoms with Crippen LogP contribution in [0.5, 0.6) is 5.75 Å². The summed E-state index contributed by atoms with van der Waals surface area (Å²) in [5, 5.41) is 16.8. The normalized spacial score (nSPS) is 11.8. The topological polar surface area (TPSA) is 88.4 Å². The number of amides is 1. The third kappa shape index (κ3) is 5.44. The highest BCUT2D eigenvalue weighted by Gasteiger charge is 2.15. The molecule has 1 unspecified atom stereocenters. The second-order valence-electron chi connectivity index (χ2n) is 7.54. The van der Waals surface area contributed by atoms with Crippen LogP contribution in [0, 0.1) is 0 Å². The minimum atomic E-state index is -0.736. The van der Waals surface area contributed by atoms with Crippen LogP contribution in [0.15, 0.2) is 78.9 Å². The van der Waals surface area contributed by atoms with Crippen LogP contribution in [0.1, 0.15) is 12.5 Å². The predicted octanol–water partition coefficient (Wildman–Crippen LogP) is 4.05. The highest BCUT2D eigenvalue weighted by molar-refractivity contribution is 5.88. The van der Waals surface area contributed by atoms with Crippen molar-refractivity contribution in [3.63, 3.8) is 0 Å². The van der Waals surface area contributed by atoms with Gasteiger partial charge >= 0.3 is 0 Å². The number of hydrogen-bond donors (Lipinski definition) is 3. The van der Waals surface area contributed by atoms with Crippen molar-refractivity contribution >= 4 is 28.6 Å². The van der Waals surface area contributed by atoms with Crippen LogP contribution in [-0.4, -0.2) is 33.3 Å². The Morgan fingerprint density at radius 3 is 2.50 bits per heavy atom. The summed E-state index contributed by atoms with van der Waals surface area (Å²) in [6.07, 6.45) is -0.736. The number of nitrogens with zero attached hydrogens (tertiary/aromatic N) is 2. The molecule has 1 amide bonds. The Morgan fingerprint density at radius 2 is 1.75 bits per heavy atom. The van der Waals surface area contributed by atoms with Crippen LogP contribution in [0.3, 0.4) is 0 Å². The molecule has 164 valence electrons. The zero-order valence-electron chi connectivity index (χ0n) is 17.9. The molecule has 1 heterocycles. The lowest BCUT2D eigenvalue weighted by Crippen LogP contribution is -2.24. The molecule has 1 aromatic heterocycles. The Bertz CT molecular complexity index is 1170. The van der Waals surface area contributed by atoms with Gasteiger partial charge in [-0.15, -0.1) is 0 Å². The number of nitrogens with one attached hydrogen (secondary N) is 2. The molecule has 0 spiro atoms. The maximum atomic E-state index is 11.1. The second-order valence-corrected chi connectivity index (χ2v) is 7.54. The maximum Gasteiger partial charge on any atom is 0.221 e. The van der Waals surface area contributed by atoms with E-state index in [0.717, 1.165) is 16.6 Å². The van der Waals surface area contributed by atoms with E-state index in [0.29, 0.717) is 30.5 Å². The molecule has 0 saturated heterocycles. The van der Waals surface area contributed by atoms with Crippen LogP contribution in [0.2, 0.25) is 0 Å². The van der Waals surface area contributed by atoms with Crippen LogP contribution in [0.4, 0.5) is 11.6 Å². The van der Waals surface area contributed by atoms with Gasteiger partial charge in [-0.05, 0) is 42.0 Å². The number of para-hydroxylation sites is 2. The highest BCUT2D eigenvalue weighted by atomic mass is 16.5. The molecule has 0 aliphatic carbocycles. The number of anilines is 2. The van der Waals surface area contributed by atoms with Crippen LogP contribution in [0.25, 0.3) is 11.0 Å². The molecule has 3 aromatic carbocycles. The van der Waals surface area contributed by atoms with Crippen LogP contribution >= 0.6 is 0 Å². The van der Waals surface area contributed by atoms with Crippen molar-refractivity contribution in [3.8, 4) is 5.75 Å². The summed E-state index contributed by atoms with van der Waals surface area (Å²) in [5.74, 6) is 1.20. The molecule has 0 saturated carbocycles. The number of aliphatic hydroxyl groups excluding tert-OH is 1. The average Bonchev–Trinajstić information content (AvgIpc) is 3.15. The van der Waals surface area contributed by atoms with E-state index in [-0.39, 0.29) is 12.5 Å². The van der Waals surface area contributed by atoms with E-state index in [1.807, 2.05) is 47.0 Å². The number of aliphatic hydroxyl groups is 1. The largest absolute Gasteiger partial charge is 0.491 e. The fraction of sp³-hybridized carbons (Fsp3) is 0.200. The van der Waals surface area contributed by atoms with E-state index < -0.39 is 6.10 Å². The number of carbonyl (C=O) groups excluding carboxylic acids is 1. The second kappa shape index (κ2) is 9.98. The van der Waals surface area contributed by atoms with Gasteiger partial charge in [0.25, 0.3) is 0 Å². The summed E-state index contributed by atoms with van der Waals surface area (Å²) in [5.41, 5.74) is 3.66. The van der Waals surface area contributed by atoms with Crippen molar-refractivity contribution in [2.24, 2.45) is 0 Å². The molecule has 7 heteroatoms. The first kappa shape index (κ1) is 21.4.